The highest BCUT2D eigenvalue weighted by Gasteiger charge is 2.22. The molecule has 0 saturated heterocycles. The van der Waals surface area contributed by atoms with Gasteiger partial charge in [-0.1, -0.05) is 78.2 Å². The number of ether oxygens (including phenoxy) is 2. The molecule has 0 bridgehead atoms. The number of amides is 2. The van der Waals surface area contributed by atoms with E-state index in [9.17, 15) is 14.4 Å². The predicted molar refractivity (Wildman–Crippen MR) is 172 cm³/mol. The molecule has 3 aromatic carbocycles. The Balaban J connectivity index is 0.00000675. The first kappa shape index (κ1) is 36.8. The molecule has 3 rings (SSSR count). The molecule has 0 aromatic heterocycles. The number of hydrogen-bond donors (Lipinski definition) is 3. The van der Waals surface area contributed by atoms with Gasteiger partial charge in [0, 0.05) is 28.6 Å². The number of halogens is 2. The highest BCUT2D eigenvalue weighted by Crippen LogP contribution is 2.19. The number of unbranched alkanes of at least 4 members (excludes halogenated alkanes) is 4. The van der Waals surface area contributed by atoms with E-state index in [4.69, 9.17) is 9.47 Å². The molecule has 0 spiro atoms. The van der Waals surface area contributed by atoms with Crippen LogP contribution >= 0.6 is 15.9 Å². The second-order valence-electron chi connectivity index (χ2n) is 10.5. The van der Waals surface area contributed by atoms with Gasteiger partial charge in [0.2, 0.25) is 11.8 Å². The van der Waals surface area contributed by atoms with Crippen LogP contribution in [0.4, 0.5) is 10.5 Å². The molecule has 44 heavy (non-hydrogen) atoms. The molecular weight excluding hydrogens is 646 g/mol. The molecule has 0 unspecified atom stereocenters. The summed E-state index contributed by atoms with van der Waals surface area (Å²) in [6.45, 7) is 3.10. The van der Waals surface area contributed by atoms with Crippen molar-refractivity contribution in [3.8, 4) is 5.75 Å². The van der Waals surface area contributed by atoms with Crippen molar-refractivity contribution < 1.29 is 42.0 Å². The number of carbonyl (C=O) groups is 3. The molecule has 2 amide bonds. The predicted octanol–water partition coefficient (Wildman–Crippen LogP) is 3.37. The van der Waals surface area contributed by atoms with Crippen LogP contribution in [0.25, 0.3) is 0 Å². The summed E-state index contributed by atoms with van der Waals surface area (Å²) < 4.78 is 11.4. The highest BCUT2D eigenvalue weighted by atomic mass is 79.9. The molecular formula is C34H43BrClN3O5. The maximum Gasteiger partial charge on any atom is 0.514 e. The van der Waals surface area contributed by atoms with Gasteiger partial charge in [-0.25, -0.2) is 4.79 Å². The van der Waals surface area contributed by atoms with Crippen LogP contribution in [0.2, 0.25) is 0 Å². The lowest BCUT2D eigenvalue weighted by atomic mass is 10.0. The summed E-state index contributed by atoms with van der Waals surface area (Å²) in [4.78, 5) is 38.2. The van der Waals surface area contributed by atoms with Crippen LogP contribution in [0.5, 0.6) is 5.75 Å². The van der Waals surface area contributed by atoms with Gasteiger partial charge in [-0.15, -0.1) is 0 Å². The molecule has 8 nitrogen and oxygen atoms in total. The van der Waals surface area contributed by atoms with Crippen LogP contribution < -0.4 is 33.5 Å². The molecule has 3 aromatic rings. The minimum absolute atomic E-state index is 0. The molecule has 0 heterocycles. The van der Waals surface area contributed by atoms with E-state index in [-0.39, 0.29) is 37.2 Å². The molecule has 238 valence electrons. The van der Waals surface area contributed by atoms with Crippen molar-refractivity contribution in [2.45, 2.75) is 77.4 Å². The van der Waals surface area contributed by atoms with Crippen molar-refractivity contribution >= 4 is 39.6 Å². The molecule has 1 atom stereocenters. The zero-order chi connectivity index (χ0) is 30.9. The minimum Gasteiger partial charge on any atom is -1.00 e. The third-order valence-electron chi connectivity index (χ3n) is 6.96. The second-order valence-corrected chi connectivity index (χ2v) is 11.4. The van der Waals surface area contributed by atoms with Gasteiger partial charge in [0.25, 0.3) is 0 Å². The topological polar surface area (TPSA) is 121 Å². The molecule has 0 radical (unpaired) electrons. The van der Waals surface area contributed by atoms with Gasteiger partial charge in [0.05, 0.1) is 6.54 Å². The third kappa shape index (κ3) is 13.5. The Kier molecular flexibility index (Phi) is 17.2. The lowest BCUT2D eigenvalue weighted by molar-refractivity contribution is -0.368. The van der Waals surface area contributed by atoms with Crippen molar-refractivity contribution in [3.63, 3.8) is 0 Å². The van der Waals surface area contributed by atoms with Crippen LogP contribution in [-0.2, 0) is 33.8 Å². The Morgan fingerprint density at radius 1 is 0.864 bits per heavy atom. The van der Waals surface area contributed by atoms with E-state index in [2.05, 4.69) is 39.2 Å². The fourth-order valence-electron chi connectivity index (χ4n) is 4.49. The first-order valence-electron chi connectivity index (χ1n) is 15.0. The summed E-state index contributed by atoms with van der Waals surface area (Å²) in [7, 11) is 0. The average molecular weight is 689 g/mol. The smallest absolute Gasteiger partial charge is 0.514 e. The summed E-state index contributed by atoms with van der Waals surface area (Å²) in [6, 6.07) is 21.4. The molecule has 0 aliphatic carbocycles. The quantitative estimate of drug-likeness (QED) is 0.114. The van der Waals surface area contributed by atoms with E-state index in [0.717, 1.165) is 54.2 Å². The Bertz CT molecular complexity index is 1310. The average Bonchev–Trinajstić information content (AvgIpc) is 3.00. The normalized spacial score (nSPS) is 11.2. The fraction of sp³-hybridized carbons (Fsp3) is 0.382. The van der Waals surface area contributed by atoms with Crippen LogP contribution in [0.3, 0.4) is 0 Å². The maximum atomic E-state index is 13.3. The van der Waals surface area contributed by atoms with Crippen molar-refractivity contribution in [2.75, 3.05) is 11.9 Å². The Hall–Kier alpha value is -3.40. The Labute approximate surface area is 275 Å². The van der Waals surface area contributed by atoms with Crippen LogP contribution in [0.15, 0.2) is 77.3 Å². The maximum absolute atomic E-state index is 13.3. The largest absolute Gasteiger partial charge is 1.00 e. The summed E-state index contributed by atoms with van der Waals surface area (Å²) in [6.07, 6.45) is 6.97. The molecule has 0 aliphatic heterocycles. The van der Waals surface area contributed by atoms with Gasteiger partial charge < -0.3 is 38.2 Å². The third-order valence-corrected chi connectivity index (χ3v) is 7.74. The van der Waals surface area contributed by atoms with Gasteiger partial charge in [-0.3, -0.25) is 9.59 Å². The van der Waals surface area contributed by atoms with Gasteiger partial charge in [-0.2, -0.15) is 0 Å². The number of aryl methyl sites for hydroxylation is 1. The number of benzene rings is 3. The number of quaternary nitrogens is 1. The lowest BCUT2D eigenvalue weighted by Crippen LogP contribution is -3.00. The Morgan fingerprint density at radius 3 is 2.25 bits per heavy atom. The monoisotopic (exact) mass is 687 g/mol. The SMILES string of the molecule is CCCCCc1ccc(NC(=O)[C@H](Cc2ccc(OC(=O)OCc3ccccc3Br)cc2)NC(=O)CCCCC[NH3+])cc1.[Cl-]. The molecule has 5 N–H and O–H groups in total. The number of nitrogens with one attached hydrogen (secondary N) is 2. The van der Waals surface area contributed by atoms with Gasteiger partial charge in [0.15, 0.2) is 0 Å². The fourth-order valence-corrected chi connectivity index (χ4v) is 4.88. The summed E-state index contributed by atoms with van der Waals surface area (Å²) in [5.74, 6) is -0.139. The molecule has 0 fully saturated rings. The van der Waals surface area contributed by atoms with E-state index in [0.29, 0.717) is 17.9 Å². The zero-order valence-electron chi connectivity index (χ0n) is 25.3. The molecule has 0 aliphatic rings. The first-order chi connectivity index (χ1) is 20.9. The van der Waals surface area contributed by atoms with Crippen LogP contribution in [0, 0.1) is 0 Å². The summed E-state index contributed by atoms with van der Waals surface area (Å²) in [5.41, 5.74) is 7.39. The van der Waals surface area contributed by atoms with Gasteiger partial charge in [0.1, 0.15) is 18.4 Å². The minimum atomic E-state index is -0.816. The van der Waals surface area contributed by atoms with Crippen molar-refractivity contribution in [3.05, 3.63) is 94.0 Å². The summed E-state index contributed by atoms with van der Waals surface area (Å²) in [5, 5.41) is 5.87. The molecule has 0 saturated carbocycles. The van der Waals surface area contributed by atoms with E-state index in [1.807, 2.05) is 48.5 Å². The summed E-state index contributed by atoms with van der Waals surface area (Å²) >= 11 is 3.43. The number of anilines is 1. The Morgan fingerprint density at radius 2 is 1.57 bits per heavy atom. The van der Waals surface area contributed by atoms with Gasteiger partial charge >= 0.3 is 6.16 Å². The van der Waals surface area contributed by atoms with Gasteiger partial charge in [-0.05, 0) is 73.6 Å². The van der Waals surface area contributed by atoms with Crippen LogP contribution in [0.1, 0.15) is 68.6 Å². The van der Waals surface area contributed by atoms with E-state index < -0.39 is 12.2 Å². The number of hydrogen-bond acceptors (Lipinski definition) is 5. The van der Waals surface area contributed by atoms with E-state index >= 15 is 0 Å². The first-order valence-corrected chi connectivity index (χ1v) is 15.8. The highest BCUT2D eigenvalue weighted by molar-refractivity contribution is 9.10. The van der Waals surface area contributed by atoms with Crippen LogP contribution in [-0.4, -0.2) is 30.6 Å². The van der Waals surface area contributed by atoms with E-state index in [1.54, 1.807) is 24.3 Å². The zero-order valence-corrected chi connectivity index (χ0v) is 27.6. The second kappa shape index (κ2) is 20.5. The lowest BCUT2D eigenvalue weighted by Gasteiger charge is -2.19. The van der Waals surface area contributed by atoms with E-state index in [1.165, 1.54) is 18.4 Å². The molecule has 10 heteroatoms. The van der Waals surface area contributed by atoms with Crippen molar-refractivity contribution in [1.82, 2.24) is 5.32 Å². The number of carbonyl (C=O) groups excluding carboxylic acids is 3. The van der Waals surface area contributed by atoms with Crippen molar-refractivity contribution in [2.24, 2.45) is 0 Å². The number of rotatable bonds is 17. The van der Waals surface area contributed by atoms with Crippen molar-refractivity contribution in [1.29, 1.82) is 0 Å². The standard InChI is InChI=1S/C34H42BrN3O5.ClH/c1-2-3-5-10-25-14-18-28(19-15-25)37-33(40)31(38-32(39)13-6-4-9-22-36)23-26-16-20-29(21-17-26)43-34(41)42-24-27-11-7-8-12-30(27)35;/h7-8,11-12,14-21,31H,2-6,9-10,13,22-24,36H2,1H3,(H,37,40)(H,38,39);1H/t31-;/m0./s1.